The van der Waals surface area contributed by atoms with E-state index in [2.05, 4.69) is 5.32 Å². The Kier molecular flexibility index (Phi) is 3.99. The molecule has 1 saturated carbocycles. The van der Waals surface area contributed by atoms with Gasteiger partial charge in [-0.05, 0) is 33.1 Å². The summed E-state index contributed by atoms with van der Waals surface area (Å²) in [6.07, 6.45) is 3.13. The molecule has 2 rings (SSSR count). The van der Waals surface area contributed by atoms with E-state index in [1.165, 1.54) is 0 Å². The number of carboxylic acid groups (broad SMARTS) is 1. The quantitative estimate of drug-likeness (QED) is 0.807. The van der Waals surface area contributed by atoms with Crippen LogP contribution in [0, 0.1) is 0 Å². The highest BCUT2D eigenvalue weighted by Gasteiger charge is 2.39. The molecule has 0 radical (unpaired) electrons. The topological polar surface area (TPSA) is 78.9 Å². The lowest BCUT2D eigenvalue weighted by atomic mass is 10.0. The second-order valence-corrected chi connectivity index (χ2v) is 5.99. The van der Waals surface area contributed by atoms with Gasteiger partial charge in [-0.3, -0.25) is 4.79 Å². The Labute approximate surface area is 113 Å². The van der Waals surface area contributed by atoms with Crippen LogP contribution in [0.3, 0.4) is 0 Å². The number of carbonyl (C=O) groups is 2. The van der Waals surface area contributed by atoms with Gasteiger partial charge in [-0.25, -0.2) is 4.79 Å². The molecular formula is C13H22N2O4. The third-order valence-electron chi connectivity index (χ3n) is 3.78. The summed E-state index contributed by atoms with van der Waals surface area (Å²) in [5, 5.41) is 11.7. The van der Waals surface area contributed by atoms with Crippen molar-refractivity contribution in [2.75, 3.05) is 13.2 Å². The van der Waals surface area contributed by atoms with Gasteiger partial charge in [0.15, 0.2) is 0 Å². The van der Waals surface area contributed by atoms with Crippen LogP contribution in [0.4, 0.5) is 4.79 Å². The molecule has 2 N–H and O–H groups in total. The predicted molar refractivity (Wildman–Crippen MR) is 68.9 cm³/mol. The minimum absolute atomic E-state index is 0.0861. The predicted octanol–water partition coefficient (Wildman–Crippen LogP) is 1.20. The zero-order valence-corrected chi connectivity index (χ0v) is 11.5. The van der Waals surface area contributed by atoms with Gasteiger partial charge >= 0.3 is 12.0 Å². The zero-order valence-electron chi connectivity index (χ0n) is 11.5. The minimum Gasteiger partial charge on any atom is -0.481 e. The van der Waals surface area contributed by atoms with E-state index >= 15 is 0 Å². The summed E-state index contributed by atoms with van der Waals surface area (Å²) < 4.78 is 5.66. The number of nitrogens with one attached hydrogen (secondary N) is 1. The number of hydrogen-bond acceptors (Lipinski definition) is 3. The fraction of sp³-hybridized carbons (Fsp3) is 0.846. The van der Waals surface area contributed by atoms with Crippen LogP contribution in [0.15, 0.2) is 0 Å². The lowest BCUT2D eigenvalue weighted by Crippen LogP contribution is -2.58. The van der Waals surface area contributed by atoms with Crippen LogP contribution in [0.25, 0.3) is 0 Å². The number of rotatable bonds is 3. The fourth-order valence-corrected chi connectivity index (χ4v) is 2.96. The first-order valence-electron chi connectivity index (χ1n) is 6.81. The fourth-order valence-electron chi connectivity index (χ4n) is 2.96. The first-order chi connectivity index (χ1) is 8.89. The van der Waals surface area contributed by atoms with Crippen molar-refractivity contribution < 1.29 is 19.4 Å². The van der Waals surface area contributed by atoms with Crippen molar-refractivity contribution in [3.63, 3.8) is 0 Å². The summed E-state index contributed by atoms with van der Waals surface area (Å²) in [5.41, 5.74) is -0.741. The van der Waals surface area contributed by atoms with Crippen LogP contribution in [-0.4, -0.2) is 52.8 Å². The molecule has 6 heteroatoms. The van der Waals surface area contributed by atoms with Crippen molar-refractivity contribution in [2.24, 2.45) is 0 Å². The molecule has 1 saturated heterocycles. The van der Waals surface area contributed by atoms with Gasteiger partial charge in [0.1, 0.15) is 0 Å². The molecule has 1 aliphatic heterocycles. The molecular weight excluding hydrogens is 248 g/mol. The maximum absolute atomic E-state index is 12.3. The van der Waals surface area contributed by atoms with Crippen molar-refractivity contribution in [1.29, 1.82) is 0 Å². The molecule has 19 heavy (non-hydrogen) atoms. The molecule has 1 aliphatic carbocycles. The number of amides is 2. The van der Waals surface area contributed by atoms with Crippen molar-refractivity contribution in [3.05, 3.63) is 0 Å². The van der Waals surface area contributed by atoms with E-state index < -0.39 is 11.5 Å². The number of hydrogen-bond donors (Lipinski definition) is 2. The second-order valence-electron chi connectivity index (χ2n) is 5.99. The number of ether oxygens (including phenoxy) is 1. The molecule has 0 aromatic carbocycles. The lowest BCUT2D eigenvalue weighted by molar-refractivity contribution is -0.138. The largest absolute Gasteiger partial charge is 0.481 e. The van der Waals surface area contributed by atoms with Crippen molar-refractivity contribution >= 4 is 12.0 Å². The van der Waals surface area contributed by atoms with Crippen LogP contribution in [-0.2, 0) is 9.53 Å². The normalized spacial score (nSPS) is 26.9. The second kappa shape index (κ2) is 5.36. The Balaban J connectivity index is 1.97. The molecule has 0 spiro atoms. The van der Waals surface area contributed by atoms with Crippen molar-refractivity contribution in [2.45, 2.75) is 57.2 Å². The smallest absolute Gasteiger partial charge is 0.318 e. The van der Waals surface area contributed by atoms with Crippen LogP contribution in [0.5, 0.6) is 0 Å². The molecule has 1 heterocycles. The summed E-state index contributed by atoms with van der Waals surface area (Å²) in [7, 11) is 0. The van der Waals surface area contributed by atoms with Gasteiger partial charge in [-0.1, -0.05) is 0 Å². The van der Waals surface area contributed by atoms with Crippen LogP contribution >= 0.6 is 0 Å². The average Bonchev–Trinajstić information content (AvgIpc) is 2.73. The van der Waals surface area contributed by atoms with E-state index in [0.717, 1.165) is 19.3 Å². The van der Waals surface area contributed by atoms with E-state index in [0.29, 0.717) is 13.2 Å². The number of carbonyl (C=O) groups excluding carboxylic acids is 1. The number of morpholine rings is 1. The Morgan fingerprint density at radius 3 is 2.84 bits per heavy atom. The number of urea groups is 1. The van der Waals surface area contributed by atoms with Gasteiger partial charge in [0.25, 0.3) is 0 Å². The van der Waals surface area contributed by atoms with E-state index in [1.54, 1.807) is 13.8 Å². The minimum atomic E-state index is -0.911. The summed E-state index contributed by atoms with van der Waals surface area (Å²) >= 11 is 0. The van der Waals surface area contributed by atoms with E-state index in [-0.39, 0.29) is 24.6 Å². The van der Waals surface area contributed by atoms with Gasteiger partial charge in [0.2, 0.25) is 0 Å². The van der Waals surface area contributed by atoms with Gasteiger partial charge in [-0.2, -0.15) is 0 Å². The van der Waals surface area contributed by atoms with E-state index in [9.17, 15) is 9.59 Å². The van der Waals surface area contributed by atoms with Crippen LogP contribution in [0.1, 0.15) is 39.5 Å². The summed E-state index contributed by atoms with van der Waals surface area (Å²) in [6.45, 7) is 4.60. The number of fused-ring (bicyclic) bond motifs is 1. The first-order valence-corrected chi connectivity index (χ1v) is 6.81. The number of aliphatic carboxylic acids is 1. The standard InChI is InChI=1S/C13H22N2O4/c1-13(2,8-11(16)17)14-12(18)15-6-7-19-10-5-3-4-9(10)15/h9-10H,3-8H2,1-2H3,(H,14,18)(H,16,17). The third-order valence-corrected chi connectivity index (χ3v) is 3.78. The summed E-state index contributed by atoms with van der Waals surface area (Å²) in [4.78, 5) is 24.9. The molecule has 0 aromatic heterocycles. The zero-order chi connectivity index (χ0) is 14.0. The molecule has 2 amide bonds. The van der Waals surface area contributed by atoms with Crippen molar-refractivity contribution in [1.82, 2.24) is 10.2 Å². The lowest BCUT2D eigenvalue weighted by Gasteiger charge is -2.39. The molecule has 0 bridgehead atoms. The average molecular weight is 270 g/mol. The van der Waals surface area contributed by atoms with Gasteiger partial charge < -0.3 is 20.1 Å². The van der Waals surface area contributed by atoms with E-state index in [4.69, 9.17) is 9.84 Å². The highest BCUT2D eigenvalue weighted by Crippen LogP contribution is 2.29. The summed E-state index contributed by atoms with van der Waals surface area (Å²) in [5.74, 6) is -0.911. The molecule has 2 unspecified atom stereocenters. The number of nitrogens with zero attached hydrogens (tertiary/aromatic N) is 1. The molecule has 108 valence electrons. The Hall–Kier alpha value is -1.30. The molecule has 6 nitrogen and oxygen atoms in total. The highest BCUT2D eigenvalue weighted by molar-refractivity contribution is 5.77. The third kappa shape index (κ3) is 3.37. The summed E-state index contributed by atoms with van der Waals surface area (Å²) in [6, 6.07) is -0.0270. The Bertz CT molecular complexity index is 370. The monoisotopic (exact) mass is 270 g/mol. The van der Waals surface area contributed by atoms with Gasteiger partial charge in [0, 0.05) is 12.1 Å². The Morgan fingerprint density at radius 2 is 2.16 bits per heavy atom. The van der Waals surface area contributed by atoms with Crippen LogP contribution in [0.2, 0.25) is 0 Å². The number of carboxylic acids is 1. The van der Waals surface area contributed by atoms with Crippen molar-refractivity contribution in [3.8, 4) is 0 Å². The molecule has 2 fully saturated rings. The molecule has 0 aromatic rings. The maximum Gasteiger partial charge on any atom is 0.318 e. The Morgan fingerprint density at radius 1 is 1.42 bits per heavy atom. The molecule has 2 atom stereocenters. The van der Waals surface area contributed by atoms with Gasteiger partial charge in [-0.15, -0.1) is 0 Å². The maximum atomic E-state index is 12.3. The molecule has 2 aliphatic rings. The van der Waals surface area contributed by atoms with Gasteiger partial charge in [0.05, 0.1) is 25.2 Å². The van der Waals surface area contributed by atoms with Crippen LogP contribution < -0.4 is 5.32 Å². The first kappa shape index (κ1) is 14.1. The van der Waals surface area contributed by atoms with E-state index in [1.807, 2.05) is 4.90 Å². The SMILES string of the molecule is CC(C)(CC(=O)O)NC(=O)N1CCOC2CCCC21. The highest BCUT2D eigenvalue weighted by atomic mass is 16.5.